The number of nitrogens with zero attached hydrogens (tertiary/aromatic N) is 6. The topological polar surface area (TPSA) is 108 Å². The van der Waals surface area contributed by atoms with E-state index in [1.807, 2.05) is 51.8 Å². The summed E-state index contributed by atoms with van der Waals surface area (Å²) >= 11 is 0. The van der Waals surface area contributed by atoms with Crippen molar-refractivity contribution in [3.05, 3.63) is 90.1 Å². The molecule has 1 atom stereocenters. The number of fused-ring (bicyclic) bond motifs is 1. The second-order valence-corrected chi connectivity index (χ2v) is 8.87. The Morgan fingerprint density at radius 2 is 1.76 bits per heavy atom. The van der Waals surface area contributed by atoms with E-state index in [4.69, 9.17) is 15.6 Å². The highest BCUT2D eigenvalue weighted by Gasteiger charge is 2.39. The van der Waals surface area contributed by atoms with Crippen LogP contribution in [0.1, 0.15) is 37.8 Å². The van der Waals surface area contributed by atoms with E-state index in [-0.39, 0.29) is 11.4 Å². The van der Waals surface area contributed by atoms with E-state index >= 15 is 0 Å². The highest BCUT2D eigenvalue weighted by molar-refractivity contribution is 5.71. The Hall–Kier alpha value is -4.38. The highest BCUT2D eigenvalue weighted by atomic mass is 16.5. The van der Waals surface area contributed by atoms with Crippen LogP contribution in [0.2, 0.25) is 0 Å². The summed E-state index contributed by atoms with van der Waals surface area (Å²) in [6, 6.07) is 14.1. The van der Waals surface area contributed by atoms with E-state index in [0.29, 0.717) is 11.5 Å². The number of nitrogens with two attached hydrogens (primary N) is 1. The van der Waals surface area contributed by atoms with Gasteiger partial charge in [0.2, 0.25) is 11.8 Å². The minimum Gasteiger partial charge on any atom is -0.422 e. The van der Waals surface area contributed by atoms with Gasteiger partial charge in [-0.05, 0) is 50.6 Å². The maximum absolute atomic E-state index is 10.0. The van der Waals surface area contributed by atoms with Crippen molar-refractivity contribution in [2.24, 2.45) is 5.73 Å². The molecule has 8 heteroatoms. The Balaban J connectivity index is 1.74. The molecule has 4 aromatic rings. The molecule has 0 amide bonds. The van der Waals surface area contributed by atoms with E-state index in [0.717, 1.165) is 28.1 Å². The molecule has 0 radical (unpaired) electrons. The lowest BCUT2D eigenvalue weighted by Crippen LogP contribution is -2.27. The molecule has 1 unspecified atom stereocenters. The second kappa shape index (κ2) is 7.64. The van der Waals surface area contributed by atoms with Crippen LogP contribution in [0.25, 0.3) is 16.9 Å². The maximum Gasteiger partial charge on any atom is 0.225 e. The van der Waals surface area contributed by atoms with Gasteiger partial charge in [-0.15, -0.1) is 0 Å². The molecule has 164 valence electrons. The standard InChI is InChI=1S/C25H23N7O/c1-25(2,3)32-24-21(22(30-32)17-8-10-28-11-9-17)20(19(14-26)23(27)33-24)16-4-6-18(7-5-16)31-13-12-29-15-31/h4-13,15,20H,27H2,1-3H3. The lowest BCUT2D eigenvalue weighted by Gasteiger charge is -2.28. The van der Waals surface area contributed by atoms with Gasteiger partial charge in [0.25, 0.3) is 0 Å². The summed E-state index contributed by atoms with van der Waals surface area (Å²) in [5.41, 5.74) is 10.6. The number of allylic oxidation sites excluding steroid dienone is 1. The van der Waals surface area contributed by atoms with Crippen LogP contribution >= 0.6 is 0 Å². The SMILES string of the molecule is CC(C)(C)n1nc(-c2ccncc2)c2c1OC(N)=C(C#N)C2c1ccc(-n2ccnc2)cc1. The molecule has 1 aromatic carbocycles. The molecule has 0 aliphatic carbocycles. The van der Waals surface area contributed by atoms with Gasteiger partial charge in [-0.3, -0.25) is 4.98 Å². The van der Waals surface area contributed by atoms with Crippen LogP contribution < -0.4 is 10.5 Å². The van der Waals surface area contributed by atoms with E-state index in [1.165, 1.54) is 0 Å². The number of nitriles is 1. The summed E-state index contributed by atoms with van der Waals surface area (Å²) in [5.74, 6) is 0.227. The van der Waals surface area contributed by atoms with Gasteiger partial charge in [0.15, 0.2) is 0 Å². The van der Waals surface area contributed by atoms with Crippen molar-refractivity contribution >= 4 is 0 Å². The molecule has 1 aliphatic heterocycles. The lowest BCUT2D eigenvalue weighted by molar-refractivity contribution is 0.278. The molecule has 0 spiro atoms. The van der Waals surface area contributed by atoms with Gasteiger partial charge in [0.05, 0.1) is 23.3 Å². The first-order valence-electron chi connectivity index (χ1n) is 10.6. The second-order valence-electron chi connectivity index (χ2n) is 8.87. The van der Waals surface area contributed by atoms with Crippen molar-refractivity contribution in [3.63, 3.8) is 0 Å². The van der Waals surface area contributed by atoms with Crippen molar-refractivity contribution in [3.8, 4) is 28.9 Å². The molecule has 4 heterocycles. The summed E-state index contributed by atoms with van der Waals surface area (Å²) < 4.78 is 9.80. The predicted octanol–water partition coefficient (Wildman–Crippen LogP) is 4.10. The Bertz CT molecular complexity index is 1370. The molecule has 33 heavy (non-hydrogen) atoms. The molecule has 3 aromatic heterocycles. The van der Waals surface area contributed by atoms with Gasteiger partial charge in [-0.1, -0.05) is 12.1 Å². The summed E-state index contributed by atoms with van der Waals surface area (Å²) in [7, 11) is 0. The molecule has 1 aliphatic rings. The minimum atomic E-state index is -0.421. The number of pyridine rings is 1. The molecule has 0 saturated carbocycles. The summed E-state index contributed by atoms with van der Waals surface area (Å²) in [6.45, 7) is 6.15. The van der Waals surface area contributed by atoms with E-state index < -0.39 is 5.92 Å². The number of rotatable bonds is 3. The molecule has 2 N–H and O–H groups in total. The molecule has 0 saturated heterocycles. The smallest absolute Gasteiger partial charge is 0.225 e. The van der Waals surface area contributed by atoms with Crippen LogP contribution in [-0.2, 0) is 5.54 Å². The number of aromatic nitrogens is 5. The fourth-order valence-electron chi connectivity index (χ4n) is 4.10. The van der Waals surface area contributed by atoms with Gasteiger partial charge >= 0.3 is 0 Å². The van der Waals surface area contributed by atoms with Crippen molar-refractivity contribution in [1.29, 1.82) is 5.26 Å². The minimum absolute atomic E-state index is 0.0976. The number of ether oxygens (including phenoxy) is 1. The third-order valence-corrected chi connectivity index (χ3v) is 5.67. The fourth-order valence-corrected chi connectivity index (χ4v) is 4.10. The van der Waals surface area contributed by atoms with Crippen LogP contribution in [0.15, 0.2) is 79.0 Å². The van der Waals surface area contributed by atoms with E-state index in [1.54, 1.807) is 24.9 Å². The van der Waals surface area contributed by atoms with Crippen LogP contribution in [0.5, 0.6) is 5.88 Å². The zero-order chi connectivity index (χ0) is 23.2. The van der Waals surface area contributed by atoms with Crippen LogP contribution in [0.3, 0.4) is 0 Å². The first kappa shape index (κ1) is 20.5. The monoisotopic (exact) mass is 437 g/mol. The van der Waals surface area contributed by atoms with Gasteiger partial charge in [-0.2, -0.15) is 10.4 Å². The molecule has 0 bridgehead atoms. The highest BCUT2D eigenvalue weighted by Crippen LogP contribution is 2.48. The normalized spacial score (nSPS) is 15.6. The Morgan fingerprint density at radius 3 is 2.36 bits per heavy atom. The van der Waals surface area contributed by atoms with Crippen molar-refractivity contribution < 1.29 is 4.74 Å². The van der Waals surface area contributed by atoms with Crippen LogP contribution in [0.4, 0.5) is 0 Å². The lowest BCUT2D eigenvalue weighted by atomic mass is 9.83. The zero-order valence-electron chi connectivity index (χ0n) is 18.6. The summed E-state index contributed by atoms with van der Waals surface area (Å²) in [4.78, 5) is 8.25. The quantitative estimate of drug-likeness (QED) is 0.517. The Morgan fingerprint density at radius 1 is 1.03 bits per heavy atom. The third kappa shape index (κ3) is 3.44. The van der Waals surface area contributed by atoms with Crippen LogP contribution in [0, 0.1) is 11.3 Å². The summed E-state index contributed by atoms with van der Waals surface area (Å²) in [6.07, 6.45) is 8.82. The number of imidazole rings is 1. The van der Waals surface area contributed by atoms with Gasteiger partial charge < -0.3 is 15.0 Å². The number of benzene rings is 1. The molecular formula is C25H23N7O. The molecule has 0 fully saturated rings. The van der Waals surface area contributed by atoms with Crippen molar-refractivity contribution in [2.75, 3.05) is 0 Å². The first-order valence-corrected chi connectivity index (χ1v) is 10.6. The zero-order valence-corrected chi connectivity index (χ0v) is 18.6. The first-order chi connectivity index (χ1) is 15.9. The third-order valence-electron chi connectivity index (χ3n) is 5.67. The van der Waals surface area contributed by atoms with Gasteiger partial charge in [-0.25, -0.2) is 9.67 Å². The predicted molar refractivity (Wildman–Crippen MR) is 123 cm³/mol. The van der Waals surface area contributed by atoms with E-state index in [2.05, 4.69) is 36.8 Å². The fraction of sp³-hybridized carbons (Fsp3) is 0.200. The number of hydrogen-bond acceptors (Lipinski definition) is 6. The van der Waals surface area contributed by atoms with Gasteiger partial charge in [0.1, 0.15) is 17.3 Å². The maximum atomic E-state index is 10.0. The molecule has 5 rings (SSSR count). The average Bonchev–Trinajstić information content (AvgIpc) is 3.47. The Kier molecular flexibility index (Phi) is 4.75. The number of hydrogen-bond donors (Lipinski definition) is 1. The molecule has 8 nitrogen and oxygen atoms in total. The van der Waals surface area contributed by atoms with Crippen LogP contribution in [-0.4, -0.2) is 24.3 Å². The van der Waals surface area contributed by atoms with Gasteiger partial charge in [0, 0.05) is 36.0 Å². The molecular weight excluding hydrogens is 414 g/mol. The average molecular weight is 438 g/mol. The van der Waals surface area contributed by atoms with Crippen molar-refractivity contribution in [2.45, 2.75) is 32.2 Å². The van der Waals surface area contributed by atoms with E-state index in [9.17, 15) is 5.26 Å². The largest absolute Gasteiger partial charge is 0.422 e. The van der Waals surface area contributed by atoms with Crippen molar-refractivity contribution in [1.82, 2.24) is 24.3 Å². The summed E-state index contributed by atoms with van der Waals surface area (Å²) in [5, 5.41) is 15.0. The Labute approximate surface area is 191 Å².